The summed E-state index contributed by atoms with van der Waals surface area (Å²) < 4.78 is 0. The van der Waals surface area contributed by atoms with Crippen LogP contribution in [0.1, 0.15) is 21.5 Å². The molecule has 1 heterocycles. The summed E-state index contributed by atoms with van der Waals surface area (Å²) >= 11 is 11.9. The summed E-state index contributed by atoms with van der Waals surface area (Å²) in [5.74, 6) is 0.0252. The Morgan fingerprint density at radius 1 is 1.28 bits per heavy atom. The SMILES string of the molecule is Cc1cc(Cl)ccc1C(=O)Cc1ccncc1Cl. The summed E-state index contributed by atoms with van der Waals surface area (Å²) in [6.45, 7) is 1.87. The van der Waals surface area contributed by atoms with Crippen LogP contribution in [0.25, 0.3) is 0 Å². The first kappa shape index (κ1) is 13.1. The minimum atomic E-state index is 0.0252. The molecule has 0 bridgehead atoms. The number of carbonyl (C=O) groups excluding carboxylic acids is 1. The van der Waals surface area contributed by atoms with E-state index in [-0.39, 0.29) is 12.2 Å². The van der Waals surface area contributed by atoms with E-state index in [1.165, 1.54) is 0 Å². The van der Waals surface area contributed by atoms with Crippen LogP contribution in [0.4, 0.5) is 0 Å². The van der Waals surface area contributed by atoms with E-state index in [4.69, 9.17) is 23.2 Å². The monoisotopic (exact) mass is 279 g/mol. The zero-order chi connectivity index (χ0) is 13.1. The molecular formula is C14H11Cl2NO. The Morgan fingerprint density at radius 2 is 2.06 bits per heavy atom. The number of aryl methyl sites for hydroxylation is 1. The van der Waals surface area contributed by atoms with E-state index in [1.54, 1.807) is 36.7 Å². The average molecular weight is 280 g/mol. The van der Waals surface area contributed by atoms with Crippen molar-refractivity contribution in [2.24, 2.45) is 0 Å². The van der Waals surface area contributed by atoms with Gasteiger partial charge in [0.05, 0.1) is 5.02 Å². The van der Waals surface area contributed by atoms with E-state index < -0.39 is 0 Å². The maximum Gasteiger partial charge on any atom is 0.167 e. The molecule has 0 aliphatic rings. The molecule has 18 heavy (non-hydrogen) atoms. The van der Waals surface area contributed by atoms with Gasteiger partial charge in [-0.1, -0.05) is 23.2 Å². The summed E-state index contributed by atoms with van der Waals surface area (Å²) in [5, 5.41) is 1.14. The number of halogens is 2. The molecule has 2 aromatic rings. The molecule has 0 N–H and O–H groups in total. The van der Waals surface area contributed by atoms with Gasteiger partial charge in [-0.05, 0) is 42.3 Å². The molecule has 1 aromatic carbocycles. The van der Waals surface area contributed by atoms with Crippen molar-refractivity contribution in [2.45, 2.75) is 13.3 Å². The minimum Gasteiger partial charge on any atom is -0.294 e. The van der Waals surface area contributed by atoms with Gasteiger partial charge in [0, 0.05) is 29.4 Å². The zero-order valence-electron chi connectivity index (χ0n) is 9.78. The van der Waals surface area contributed by atoms with Crippen molar-refractivity contribution >= 4 is 29.0 Å². The highest BCUT2D eigenvalue weighted by atomic mass is 35.5. The highest BCUT2D eigenvalue weighted by Crippen LogP contribution is 2.20. The van der Waals surface area contributed by atoms with Gasteiger partial charge < -0.3 is 0 Å². The van der Waals surface area contributed by atoms with Crippen LogP contribution in [-0.2, 0) is 6.42 Å². The van der Waals surface area contributed by atoms with E-state index in [2.05, 4.69) is 4.98 Å². The summed E-state index contributed by atoms with van der Waals surface area (Å²) in [5.41, 5.74) is 2.33. The van der Waals surface area contributed by atoms with Crippen molar-refractivity contribution in [1.82, 2.24) is 4.98 Å². The highest BCUT2D eigenvalue weighted by Gasteiger charge is 2.12. The van der Waals surface area contributed by atoms with Crippen molar-refractivity contribution in [3.05, 3.63) is 63.4 Å². The number of nitrogens with zero attached hydrogens (tertiary/aromatic N) is 1. The molecule has 0 aliphatic carbocycles. The van der Waals surface area contributed by atoms with E-state index in [0.29, 0.717) is 15.6 Å². The van der Waals surface area contributed by atoms with E-state index in [9.17, 15) is 4.79 Å². The van der Waals surface area contributed by atoms with Crippen LogP contribution in [0, 0.1) is 6.92 Å². The molecule has 0 saturated heterocycles. The number of rotatable bonds is 3. The molecule has 2 nitrogen and oxygen atoms in total. The second kappa shape index (κ2) is 5.51. The van der Waals surface area contributed by atoms with Crippen LogP contribution >= 0.6 is 23.2 Å². The molecular weight excluding hydrogens is 269 g/mol. The van der Waals surface area contributed by atoms with Gasteiger partial charge in [0.25, 0.3) is 0 Å². The van der Waals surface area contributed by atoms with E-state index in [1.807, 2.05) is 6.92 Å². The Bertz CT molecular complexity index is 596. The summed E-state index contributed by atoms with van der Waals surface area (Å²) in [7, 11) is 0. The Morgan fingerprint density at radius 3 is 2.72 bits per heavy atom. The molecule has 1 aromatic heterocycles. The van der Waals surface area contributed by atoms with Gasteiger partial charge in [-0.25, -0.2) is 0 Å². The molecule has 0 aliphatic heterocycles. The smallest absolute Gasteiger partial charge is 0.167 e. The number of carbonyl (C=O) groups is 1. The Kier molecular flexibility index (Phi) is 4.00. The fourth-order valence-corrected chi connectivity index (χ4v) is 2.17. The third-order valence-corrected chi connectivity index (χ3v) is 3.27. The van der Waals surface area contributed by atoms with Gasteiger partial charge in [-0.3, -0.25) is 9.78 Å². The first-order valence-electron chi connectivity index (χ1n) is 5.45. The lowest BCUT2D eigenvalue weighted by atomic mass is 10.00. The van der Waals surface area contributed by atoms with Crippen molar-refractivity contribution in [2.75, 3.05) is 0 Å². The van der Waals surface area contributed by atoms with Gasteiger partial charge >= 0.3 is 0 Å². The number of Topliss-reactive ketones (excluding diaryl/α,β-unsaturated/α-hetero) is 1. The Hall–Kier alpha value is -1.38. The van der Waals surface area contributed by atoms with Crippen molar-refractivity contribution in [3.8, 4) is 0 Å². The molecule has 0 radical (unpaired) electrons. The Balaban J connectivity index is 2.25. The van der Waals surface area contributed by atoms with Crippen LogP contribution in [0.5, 0.6) is 0 Å². The number of hydrogen-bond donors (Lipinski definition) is 0. The number of aromatic nitrogens is 1. The van der Waals surface area contributed by atoms with Crippen molar-refractivity contribution < 1.29 is 4.79 Å². The second-order valence-electron chi connectivity index (χ2n) is 4.03. The second-order valence-corrected chi connectivity index (χ2v) is 4.87. The first-order chi connectivity index (χ1) is 8.58. The quantitative estimate of drug-likeness (QED) is 0.791. The lowest BCUT2D eigenvalue weighted by Crippen LogP contribution is -2.06. The number of pyridine rings is 1. The number of benzene rings is 1. The minimum absolute atomic E-state index is 0.0252. The normalized spacial score (nSPS) is 10.4. The molecule has 0 fully saturated rings. The zero-order valence-corrected chi connectivity index (χ0v) is 11.3. The summed E-state index contributed by atoms with van der Waals surface area (Å²) in [6.07, 6.45) is 3.44. The number of hydrogen-bond acceptors (Lipinski definition) is 2. The van der Waals surface area contributed by atoms with E-state index in [0.717, 1.165) is 11.1 Å². The van der Waals surface area contributed by atoms with Crippen LogP contribution < -0.4 is 0 Å². The lowest BCUT2D eigenvalue weighted by Gasteiger charge is -2.06. The van der Waals surface area contributed by atoms with Gasteiger partial charge in [0.2, 0.25) is 0 Å². The van der Waals surface area contributed by atoms with Crippen molar-refractivity contribution in [1.29, 1.82) is 0 Å². The highest BCUT2D eigenvalue weighted by molar-refractivity contribution is 6.31. The first-order valence-corrected chi connectivity index (χ1v) is 6.21. The molecule has 2 rings (SSSR count). The third-order valence-electron chi connectivity index (χ3n) is 2.70. The number of ketones is 1. The molecule has 92 valence electrons. The topological polar surface area (TPSA) is 30.0 Å². The van der Waals surface area contributed by atoms with Crippen LogP contribution in [0.3, 0.4) is 0 Å². The summed E-state index contributed by atoms with van der Waals surface area (Å²) in [4.78, 5) is 16.1. The summed E-state index contributed by atoms with van der Waals surface area (Å²) in [6, 6.07) is 7.00. The van der Waals surface area contributed by atoms with Gasteiger partial charge in [0.15, 0.2) is 5.78 Å². The molecule has 0 amide bonds. The standard InChI is InChI=1S/C14H11Cl2NO/c1-9-6-11(15)2-3-12(9)14(18)7-10-4-5-17-8-13(10)16/h2-6,8H,7H2,1H3. The fraction of sp³-hybridized carbons (Fsp3) is 0.143. The largest absolute Gasteiger partial charge is 0.294 e. The molecule has 0 saturated carbocycles. The maximum atomic E-state index is 12.2. The maximum absolute atomic E-state index is 12.2. The Labute approximate surface area is 116 Å². The fourth-order valence-electron chi connectivity index (χ4n) is 1.76. The van der Waals surface area contributed by atoms with Gasteiger partial charge in [-0.15, -0.1) is 0 Å². The third kappa shape index (κ3) is 2.89. The predicted octanol–water partition coefficient (Wildman–Crippen LogP) is 4.12. The van der Waals surface area contributed by atoms with Gasteiger partial charge in [0.1, 0.15) is 0 Å². The van der Waals surface area contributed by atoms with Crippen LogP contribution in [-0.4, -0.2) is 10.8 Å². The average Bonchev–Trinajstić information content (AvgIpc) is 2.32. The lowest BCUT2D eigenvalue weighted by molar-refractivity contribution is 0.0992. The van der Waals surface area contributed by atoms with E-state index >= 15 is 0 Å². The van der Waals surface area contributed by atoms with Gasteiger partial charge in [-0.2, -0.15) is 0 Å². The molecule has 0 unspecified atom stereocenters. The molecule has 0 spiro atoms. The molecule has 4 heteroatoms. The predicted molar refractivity (Wildman–Crippen MR) is 73.5 cm³/mol. The van der Waals surface area contributed by atoms with Crippen LogP contribution in [0.2, 0.25) is 10.0 Å². The molecule has 0 atom stereocenters. The van der Waals surface area contributed by atoms with Crippen molar-refractivity contribution in [3.63, 3.8) is 0 Å². The van der Waals surface area contributed by atoms with Crippen LogP contribution in [0.15, 0.2) is 36.7 Å².